The second-order valence-corrected chi connectivity index (χ2v) is 7.62. The number of esters is 1. The van der Waals surface area contributed by atoms with Crippen molar-refractivity contribution in [2.45, 2.75) is 25.7 Å². The third-order valence-electron chi connectivity index (χ3n) is 5.36. The summed E-state index contributed by atoms with van der Waals surface area (Å²) >= 11 is 0. The van der Waals surface area contributed by atoms with Crippen molar-refractivity contribution in [2.24, 2.45) is 5.92 Å². The van der Waals surface area contributed by atoms with E-state index in [1.165, 1.54) is 29.8 Å². The summed E-state index contributed by atoms with van der Waals surface area (Å²) in [6.45, 7) is 1.07. The Morgan fingerprint density at radius 1 is 1.00 bits per heavy atom. The molecule has 1 aliphatic heterocycles. The van der Waals surface area contributed by atoms with Gasteiger partial charge in [-0.25, -0.2) is 4.39 Å². The molecule has 0 aliphatic carbocycles. The van der Waals surface area contributed by atoms with Gasteiger partial charge >= 0.3 is 5.97 Å². The summed E-state index contributed by atoms with van der Waals surface area (Å²) in [5.41, 5.74) is 1.64. The normalized spacial score (nSPS) is 14.2. The van der Waals surface area contributed by atoms with Gasteiger partial charge in [0.15, 0.2) is 6.61 Å². The van der Waals surface area contributed by atoms with E-state index in [1.807, 2.05) is 30.3 Å². The van der Waals surface area contributed by atoms with Gasteiger partial charge in [0.1, 0.15) is 5.82 Å². The highest BCUT2D eigenvalue weighted by Gasteiger charge is 2.29. The molecule has 164 valence electrons. The topological polar surface area (TPSA) is 75.7 Å². The van der Waals surface area contributed by atoms with Crippen molar-refractivity contribution in [2.75, 3.05) is 26.2 Å². The fourth-order valence-electron chi connectivity index (χ4n) is 3.56. The third-order valence-corrected chi connectivity index (χ3v) is 5.36. The molecule has 1 heterocycles. The number of halogens is 1. The zero-order valence-electron chi connectivity index (χ0n) is 17.4. The Hall–Kier alpha value is -3.22. The number of piperidine rings is 1. The average molecular weight is 426 g/mol. The van der Waals surface area contributed by atoms with Crippen LogP contribution >= 0.6 is 0 Å². The van der Waals surface area contributed by atoms with Crippen LogP contribution in [0.5, 0.6) is 0 Å². The van der Waals surface area contributed by atoms with Gasteiger partial charge in [0.25, 0.3) is 11.8 Å². The standard InChI is InChI=1S/C24H27FN2O4/c25-21-10-8-19(9-11-21)23(29)27-15-12-20(13-16-27)24(30)31-17-22(28)26-14-4-7-18-5-2-1-3-6-18/h1-3,5-6,8-11,20H,4,7,12-17H2,(H,26,28). The quantitative estimate of drug-likeness (QED) is 0.520. The highest BCUT2D eigenvalue weighted by atomic mass is 19.1. The fraction of sp³-hybridized carbons (Fsp3) is 0.375. The molecule has 0 bridgehead atoms. The van der Waals surface area contributed by atoms with E-state index < -0.39 is 11.8 Å². The lowest BCUT2D eigenvalue weighted by atomic mass is 9.96. The highest BCUT2D eigenvalue weighted by Crippen LogP contribution is 2.20. The number of aryl methyl sites for hydroxylation is 1. The summed E-state index contributed by atoms with van der Waals surface area (Å²) in [6, 6.07) is 15.4. The van der Waals surface area contributed by atoms with Gasteiger partial charge in [-0.2, -0.15) is 0 Å². The number of nitrogens with zero attached hydrogens (tertiary/aromatic N) is 1. The van der Waals surface area contributed by atoms with Gasteiger partial charge in [-0.15, -0.1) is 0 Å². The molecule has 2 amide bonds. The molecule has 2 aromatic carbocycles. The lowest BCUT2D eigenvalue weighted by Crippen LogP contribution is -2.41. The Kier molecular flexibility index (Phi) is 8.15. The molecule has 0 saturated carbocycles. The fourth-order valence-corrected chi connectivity index (χ4v) is 3.56. The predicted molar refractivity (Wildman–Crippen MR) is 114 cm³/mol. The molecule has 1 aliphatic rings. The molecule has 0 radical (unpaired) electrons. The molecular weight excluding hydrogens is 399 g/mol. The minimum atomic E-state index is -0.409. The van der Waals surface area contributed by atoms with Crippen molar-refractivity contribution in [3.63, 3.8) is 0 Å². The van der Waals surface area contributed by atoms with Gasteiger partial charge in [-0.3, -0.25) is 14.4 Å². The Bertz CT molecular complexity index is 878. The van der Waals surface area contributed by atoms with Gasteiger partial charge < -0.3 is 15.0 Å². The van der Waals surface area contributed by atoms with Crippen LogP contribution < -0.4 is 5.32 Å². The van der Waals surface area contributed by atoms with Crippen molar-refractivity contribution in [3.8, 4) is 0 Å². The maximum absolute atomic E-state index is 13.0. The number of amides is 2. The van der Waals surface area contributed by atoms with Gasteiger partial charge in [0.05, 0.1) is 5.92 Å². The van der Waals surface area contributed by atoms with Crippen LogP contribution in [-0.4, -0.2) is 48.9 Å². The van der Waals surface area contributed by atoms with Crippen LogP contribution in [0.1, 0.15) is 35.2 Å². The number of hydrogen-bond acceptors (Lipinski definition) is 4. The van der Waals surface area contributed by atoms with Crippen molar-refractivity contribution >= 4 is 17.8 Å². The molecule has 1 saturated heterocycles. The maximum atomic E-state index is 13.0. The van der Waals surface area contributed by atoms with Crippen LogP contribution in [0, 0.1) is 11.7 Å². The molecule has 1 N–H and O–H groups in total. The minimum Gasteiger partial charge on any atom is -0.455 e. The summed E-state index contributed by atoms with van der Waals surface area (Å²) < 4.78 is 18.2. The van der Waals surface area contributed by atoms with Crippen LogP contribution in [0.25, 0.3) is 0 Å². The lowest BCUT2D eigenvalue weighted by Gasteiger charge is -2.31. The van der Waals surface area contributed by atoms with Crippen molar-refractivity contribution in [1.82, 2.24) is 10.2 Å². The average Bonchev–Trinajstić information content (AvgIpc) is 2.81. The molecule has 6 nitrogen and oxygen atoms in total. The maximum Gasteiger partial charge on any atom is 0.309 e. The minimum absolute atomic E-state index is 0.179. The second-order valence-electron chi connectivity index (χ2n) is 7.62. The number of benzene rings is 2. The first-order valence-corrected chi connectivity index (χ1v) is 10.5. The molecule has 0 spiro atoms. The summed E-state index contributed by atoms with van der Waals surface area (Å²) in [5, 5.41) is 2.76. The molecule has 7 heteroatoms. The zero-order chi connectivity index (χ0) is 22.1. The smallest absolute Gasteiger partial charge is 0.309 e. The highest BCUT2D eigenvalue weighted by molar-refractivity contribution is 5.94. The lowest BCUT2D eigenvalue weighted by molar-refractivity contribution is -0.153. The molecule has 3 rings (SSSR count). The first-order chi connectivity index (χ1) is 15.0. The number of hydrogen-bond donors (Lipinski definition) is 1. The zero-order valence-corrected chi connectivity index (χ0v) is 17.4. The van der Waals surface area contributed by atoms with E-state index in [9.17, 15) is 18.8 Å². The second kappa shape index (κ2) is 11.2. The first-order valence-electron chi connectivity index (χ1n) is 10.5. The Morgan fingerprint density at radius 3 is 2.35 bits per heavy atom. The van der Waals surface area contributed by atoms with Crippen molar-refractivity contribution in [3.05, 3.63) is 71.5 Å². The Labute approximate surface area is 181 Å². The van der Waals surface area contributed by atoms with E-state index in [4.69, 9.17) is 4.74 Å². The van der Waals surface area contributed by atoms with Crippen LogP contribution in [0.3, 0.4) is 0 Å². The van der Waals surface area contributed by atoms with Crippen LogP contribution in [0.4, 0.5) is 4.39 Å². The molecule has 0 aromatic heterocycles. The van der Waals surface area contributed by atoms with Crippen molar-refractivity contribution in [1.29, 1.82) is 0 Å². The number of nitrogens with one attached hydrogen (secondary N) is 1. The first kappa shape index (κ1) is 22.5. The predicted octanol–water partition coefficient (Wildman–Crippen LogP) is 2.97. The molecule has 31 heavy (non-hydrogen) atoms. The molecule has 2 aromatic rings. The molecular formula is C24H27FN2O4. The van der Waals surface area contributed by atoms with Gasteiger partial charge in [-0.05, 0) is 55.5 Å². The number of likely N-dealkylation sites (tertiary alicyclic amines) is 1. The van der Waals surface area contributed by atoms with E-state index in [0.29, 0.717) is 38.0 Å². The Morgan fingerprint density at radius 2 is 1.68 bits per heavy atom. The molecule has 0 atom stereocenters. The number of carbonyl (C=O) groups excluding carboxylic acids is 3. The van der Waals surface area contributed by atoms with E-state index in [0.717, 1.165) is 12.8 Å². The molecule has 0 unspecified atom stereocenters. The van der Waals surface area contributed by atoms with Crippen molar-refractivity contribution < 1.29 is 23.5 Å². The van der Waals surface area contributed by atoms with E-state index in [1.54, 1.807) is 4.90 Å². The van der Waals surface area contributed by atoms with Gasteiger partial charge in [0, 0.05) is 25.2 Å². The van der Waals surface area contributed by atoms with Gasteiger partial charge in [-0.1, -0.05) is 30.3 Å². The monoisotopic (exact) mass is 426 g/mol. The SMILES string of the molecule is O=C(COC(=O)C1CCN(C(=O)c2ccc(F)cc2)CC1)NCCCc1ccccc1. The van der Waals surface area contributed by atoms with E-state index >= 15 is 0 Å². The third kappa shape index (κ3) is 6.91. The summed E-state index contributed by atoms with van der Waals surface area (Å²) in [7, 11) is 0. The van der Waals surface area contributed by atoms with Gasteiger partial charge in [0.2, 0.25) is 0 Å². The van der Waals surface area contributed by atoms with E-state index in [2.05, 4.69) is 5.32 Å². The van der Waals surface area contributed by atoms with Crippen LogP contribution in [-0.2, 0) is 20.7 Å². The van der Waals surface area contributed by atoms with Crippen LogP contribution in [0.2, 0.25) is 0 Å². The number of rotatable bonds is 8. The summed E-state index contributed by atoms with van der Waals surface area (Å²) in [5.74, 6) is -1.62. The number of carbonyl (C=O) groups is 3. The summed E-state index contributed by atoms with van der Waals surface area (Å²) in [6.07, 6.45) is 2.63. The van der Waals surface area contributed by atoms with E-state index in [-0.39, 0.29) is 24.3 Å². The molecule has 1 fully saturated rings. The summed E-state index contributed by atoms with van der Waals surface area (Å²) in [4.78, 5) is 38.3. The Balaban J connectivity index is 1.31. The number of ether oxygens (including phenoxy) is 1. The largest absolute Gasteiger partial charge is 0.455 e. The van der Waals surface area contributed by atoms with Crippen LogP contribution in [0.15, 0.2) is 54.6 Å².